The number of nitrogens with zero attached hydrogens (tertiary/aromatic N) is 6. The van der Waals surface area contributed by atoms with E-state index in [0.29, 0.717) is 24.4 Å². The molecule has 1 aliphatic rings. The number of amides is 2. The molecule has 0 saturated carbocycles. The molecule has 1 atom stereocenters. The van der Waals surface area contributed by atoms with Gasteiger partial charge in [-0.15, -0.1) is 0 Å². The highest BCUT2D eigenvalue weighted by Crippen LogP contribution is 2.30. The van der Waals surface area contributed by atoms with Gasteiger partial charge >= 0.3 is 11.7 Å². The van der Waals surface area contributed by atoms with Gasteiger partial charge < -0.3 is 19.2 Å². The number of carbonyl (C=O) groups is 1. The van der Waals surface area contributed by atoms with E-state index in [2.05, 4.69) is 5.16 Å². The van der Waals surface area contributed by atoms with E-state index in [1.165, 1.54) is 43.1 Å². The van der Waals surface area contributed by atoms with Crippen LogP contribution in [0.5, 0.6) is 5.75 Å². The maximum atomic E-state index is 14.3. The molecule has 1 saturated heterocycles. The van der Waals surface area contributed by atoms with Crippen molar-refractivity contribution in [2.45, 2.75) is 65.2 Å². The molecule has 1 aromatic heterocycles. The van der Waals surface area contributed by atoms with Crippen LogP contribution in [-0.2, 0) is 16.1 Å². The van der Waals surface area contributed by atoms with Crippen molar-refractivity contribution in [2.24, 2.45) is 5.16 Å². The largest absolute Gasteiger partial charge is 0.496 e. The zero-order valence-corrected chi connectivity index (χ0v) is 24.1. The van der Waals surface area contributed by atoms with Crippen LogP contribution in [0.1, 0.15) is 63.7 Å². The number of hydrogen-bond donors (Lipinski definition) is 0. The maximum absolute atomic E-state index is 14.3. The van der Waals surface area contributed by atoms with Crippen molar-refractivity contribution in [1.29, 1.82) is 5.26 Å². The molecule has 2 amide bonds. The molecule has 2 heterocycles. The Kier molecular flexibility index (Phi) is 11.0. The molecule has 0 N–H and O–H groups in total. The summed E-state index contributed by atoms with van der Waals surface area (Å²) in [7, 11) is 2.78. The van der Waals surface area contributed by atoms with Gasteiger partial charge in [-0.05, 0) is 58.2 Å². The van der Waals surface area contributed by atoms with E-state index in [1.54, 1.807) is 25.7 Å². The number of rotatable bonds is 11. The van der Waals surface area contributed by atoms with Crippen LogP contribution in [0.25, 0.3) is 0 Å². The first-order valence-electron chi connectivity index (χ1n) is 13.5. The van der Waals surface area contributed by atoms with Gasteiger partial charge in [-0.25, -0.2) is 19.0 Å². The fraction of sp³-hybridized carbons (Fsp3) is 0.536. The van der Waals surface area contributed by atoms with Crippen LogP contribution in [-0.4, -0.2) is 65.8 Å². The normalized spacial score (nSPS) is 14.5. The summed E-state index contributed by atoms with van der Waals surface area (Å²) in [5, 5.41) is 14.1. The van der Waals surface area contributed by atoms with E-state index >= 15 is 0 Å². The molecular weight excluding hydrogens is 535 g/mol. The maximum Gasteiger partial charge on any atom is 0.350 e. The topological polar surface area (TPSA) is 131 Å². The van der Waals surface area contributed by atoms with Crippen molar-refractivity contribution in [2.75, 3.05) is 38.9 Å². The van der Waals surface area contributed by atoms with Gasteiger partial charge in [0, 0.05) is 31.9 Å². The Morgan fingerprint density at radius 3 is 2.56 bits per heavy atom. The summed E-state index contributed by atoms with van der Waals surface area (Å²) >= 11 is 0. The van der Waals surface area contributed by atoms with Gasteiger partial charge in [0.25, 0.3) is 5.56 Å². The molecule has 0 aliphatic carbocycles. The van der Waals surface area contributed by atoms with Crippen molar-refractivity contribution < 1.29 is 23.5 Å². The number of hydrogen-bond acceptors (Lipinski definition) is 8. The zero-order valence-electron chi connectivity index (χ0n) is 24.1. The van der Waals surface area contributed by atoms with Crippen LogP contribution in [0.4, 0.5) is 9.18 Å². The minimum Gasteiger partial charge on any atom is -0.496 e. The third-order valence-corrected chi connectivity index (χ3v) is 6.56. The molecule has 2 aromatic rings. The lowest BCUT2D eigenvalue weighted by atomic mass is 10.1. The van der Waals surface area contributed by atoms with Gasteiger partial charge in [0.15, 0.2) is 0 Å². The van der Waals surface area contributed by atoms with Crippen molar-refractivity contribution in [3.8, 4) is 11.8 Å². The summed E-state index contributed by atoms with van der Waals surface area (Å²) in [5.74, 6) is -0.233. The van der Waals surface area contributed by atoms with Crippen molar-refractivity contribution >= 4 is 11.7 Å². The first kappa shape index (κ1) is 31.3. The number of urea groups is 1. The molecule has 1 aliphatic heterocycles. The van der Waals surface area contributed by atoms with Crippen molar-refractivity contribution in [3.05, 3.63) is 62.2 Å². The molecule has 1 fully saturated rings. The summed E-state index contributed by atoms with van der Waals surface area (Å²) in [6.07, 6.45) is 2.81. The fourth-order valence-corrected chi connectivity index (χ4v) is 4.46. The number of aromatic nitrogens is 2. The number of benzene rings is 1. The Morgan fingerprint density at radius 1 is 1.22 bits per heavy atom. The lowest BCUT2D eigenvalue weighted by Crippen LogP contribution is -2.58. The number of nitriles is 1. The number of methoxy groups -OCH3 is 1. The predicted molar refractivity (Wildman–Crippen MR) is 150 cm³/mol. The summed E-state index contributed by atoms with van der Waals surface area (Å²) in [5.41, 5.74) is -1.05. The Bertz CT molecular complexity index is 1410. The van der Waals surface area contributed by atoms with Crippen LogP contribution in [0.3, 0.4) is 0 Å². The van der Waals surface area contributed by atoms with Gasteiger partial charge in [-0.3, -0.25) is 9.36 Å². The van der Waals surface area contributed by atoms with Crippen LogP contribution in [0.15, 0.2) is 39.1 Å². The smallest absolute Gasteiger partial charge is 0.350 e. The second kappa shape index (κ2) is 14.5. The molecular formula is C28H37FN6O6. The molecule has 1 unspecified atom stereocenters. The van der Waals surface area contributed by atoms with E-state index in [9.17, 15) is 18.8 Å². The van der Waals surface area contributed by atoms with Crippen LogP contribution >= 0.6 is 0 Å². The SMILES string of the molecule is COc1ccc(F)cc1C(Cn1cc(/C(C)=N/OC(C)C)c(=O)n(N(C)C(=O)N2CCCCC2)c1=O)OCCC#N. The lowest BCUT2D eigenvalue weighted by Gasteiger charge is -2.31. The summed E-state index contributed by atoms with van der Waals surface area (Å²) < 4.78 is 27.6. The number of oxime groups is 1. The molecule has 1 aromatic carbocycles. The first-order chi connectivity index (χ1) is 19.6. The third kappa shape index (κ3) is 7.73. The predicted octanol–water partition coefficient (Wildman–Crippen LogP) is 3.15. The minimum atomic E-state index is -0.947. The average Bonchev–Trinajstić information content (AvgIpc) is 2.96. The molecule has 12 nitrogen and oxygen atoms in total. The van der Waals surface area contributed by atoms with Crippen LogP contribution in [0.2, 0.25) is 0 Å². The Morgan fingerprint density at radius 2 is 1.93 bits per heavy atom. The van der Waals surface area contributed by atoms with Crippen LogP contribution in [0, 0.1) is 17.1 Å². The second-order valence-electron chi connectivity index (χ2n) is 9.93. The monoisotopic (exact) mass is 572 g/mol. The number of ether oxygens (including phenoxy) is 2. The van der Waals surface area contributed by atoms with Crippen LogP contribution < -0.4 is 21.0 Å². The average molecular weight is 573 g/mol. The second-order valence-corrected chi connectivity index (χ2v) is 9.93. The molecule has 0 radical (unpaired) electrons. The number of likely N-dealkylation sites (tertiary alicyclic amines) is 1. The Labute approximate surface area is 238 Å². The molecule has 3 rings (SSSR count). The Hall–Kier alpha value is -4.18. The Balaban J connectivity index is 2.17. The van der Waals surface area contributed by atoms with E-state index in [0.717, 1.165) is 28.9 Å². The lowest BCUT2D eigenvalue weighted by molar-refractivity contribution is 0.0410. The highest BCUT2D eigenvalue weighted by molar-refractivity contribution is 5.97. The van der Waals surface area contributed by atoms with Gasteiger partial charge in [-0.1, -0.05) is 5.16 Å². The van der Waals surface area contributed by atoms with E-state index < -0.39 is 29.2 Å². The van der Waals surface area contributed by atoms with Gasteiger partial charge in [0.05, 0.1) is 44.0 Å². The standard InChI is InChI=1S/C28H37FN6O6/c1-19(2)41-31-20(3)23-17-34(18-25(40-15-9-12-30)22-16-21(29)10-11-24(22)39-5)28(38)35(26(23)36)32(4)27(37)33-13-7-6-8-14-33/h10-11,16-17,19,25H,6-9,13-15,18H2,1-5H3/b31-20+. The third-order valence-electron chi connectivity index (χ3n) is 6.56. The van der Waals surface area contributed by atoms with Crippen molar-refractivity contribution in [3.63, 3.8) is 0 Å². The first-order valence-corrected chi connectivity index (χ1v) is 13.5. The van der Waals surface area contributed by atoms with Crippen molar-refractivity contribution in [1.82, 2.24) is 14.1 Å². The van der Waals surface area contributed by atoms with Gasteiger partial charge in [-0.2, -0.15) is 9.94 Å². The fourth-order valence-electron chi connectivity index (χ4n) is 4.46. The zero-order chi connectivity index (χ0) is 30.1. The molecule has 0 spiro atoms. The highest BCUT2D eigenvalue weighted by Gasteiger charge is 2.27. The van der Waals surface area contributed by atoms with E-state index in [1.807, 2.05) is 6.07 Å². The minimum absolute atomic E-state index is 0.00184. The number of carbonyl (C=O) groups excluding carboxylic acids is 1. The number of halogens is 1. The van der Waals surface area contributed by atoms with Gasteiger partial charge in [0.1, 0.15) is 23.8 Å². The summed E-state index contributed by atoms with van der Waals surface area (Å²) in [6, 6.07) is 5.39. The summed E-state index contributed by atoms with van der Waals surface area (Å²) in [4.78, 5) is 47.7. The summed E-state index contributed by atoms with van der Waals surface area (Å²) in [6.45, 7) is 5.94. The molecule has 0 bridgehead atoms. The molecule has 222 valence electrons. The van der Waals surface area contributed by atoms with E-state index in [4.69, 9.17) is 19.6 Å². The quantitative estimate of drug-likeness (QED) is 0.230. The number of piperidine rings is 1. The molecule has 41 heavy (non-hydrogen) atoms. The van der Waals surface area contributed by atoms with E-state index in [-0.39, 0.29) is 37.0 Å². The van der Waals surface area contributed by atoms with Gasteiger partial charge in [0.2, 0.25) is 0 Å². The molecule has 13 heteroatoms. The highest BCUT2D eigenvalue weighted by atomic mass is 19.1.